The fraction of sp³-hybridized carbons (Fsp3) is 0.133. The molecule has 0 amide bonds. The minimum atomic E-state index is -1.52. The van der Waals surface area contributed by atoms with Crippen molar-refractivity contribution < 1.29 is 23.8 Å². The molecule has 0 fully saturated rings. The van der Waals surface area contributed by atoms with Crippen molar-refractivity contribution in [1.29, 1.82) is 0 Å². The summed E-state index contributed by atoms with van der Waals surface area (Å²) in [5.74, 6) is -4.14. The van der Waals surface area contributed by atoms with Crippen LogP contribution in [0.2, 0.25) is 0 Å². The zero-order valence-electron chi connectivity index (χ0n) is 10.9. The number of carbonyl (C=O) groups is 1. The van der Waals surface area contributed by atoms with Gasteiger partial charge in [-0.2, -0.15) is 0 Å². The Kier molecular flexibility index (Phi) is 4.49. The number of aromatic carboxylic acids is 1. The van der Waals surface area contributed by atoms with E-state index in [0.717, 1.165) is 11.6 Å². The van der Waals surface area contributed by atoms with Crippen LogP contribution in [0.3, 0.4) is 0 Å². The predicted molar refractivity (Wildman–Crippen MR) is 73.0 cm³/mol. The van der Waals surface area contributed by atoms with Crippen LogP contribution in [-0.4, -0.2) is 16.2 Å². The lowest BCUT2D eigenvalue weighted by Gasteiger charge is -2.10. The molecule has 0 spiro atoms. The number of aliphatic hydroxyl groups excluding tert-OH is 1. The van der Waals surface area contributed by atoms with E-state index < -0.39 is 23.2 Å². The lowest BCUT2D eigenvalue weighted by atomic mass is 10.1. The van der Waals surface area contributed by atoms with Gasteiger partial charge < -0.3 is 15.5 Å². The summed E-state index contributed by atoms with van der Waals surface area (Å²) in [6.45, 7) is 0.112. The molecule has 110 valence electrons. The molecule has 0 aliphatic rings. The molecule has 0 unspecified atom stereocenters. The van der Waals surface area contributed by atoms with Crippen molar-refractivity contribution in [3.05, 3.63) is 64.7 Å². The Labute approximate surface area is 119 Å². The highest BCUT2D eigenvalue weighted by atomic mass is 19.2. The first kappa shape index (κ1) is 14.9. The molecule has 2 rings (SSSR count). The minimum Gasteiger partial charge on any atom is -0.478 e. The highest BCUT2D eigenvalue weighted by molar-refractivity contribution is 5.88. The van der Waals surface area contributed by atoms with Gasteiger partial charge in [-0.3, -0.25) is 0 Å². The quantitative estimate of drug-likeness (QED) is 0.793. The maximum atomic E-state index is 13.7. The van der Waals surface area contributed by atoms with Gasteiger partial charge in [0.15, 0.2) is 11.6 Å². The van der Waals surface area contributed by atoms with Crippen LogP contribution < -0.4 is 5.32 Å². The average molecular weight is 293 g/mol. The van der Waals surface area contributed by atoms with Crippen molar-refractivity contribution in [1.82, 2.24) is 0 Å². The summed E-state index contributed by atoms with van der Waals surface area (Å²) < 4.78 is 27.3. The number of carboxylic acids is 1. The van der Waals surface area contributed by atoms with Crippen molar-refractivity contribution in [2.75, 3.05) is 5.32 Å². The average Bonchev–Trinajstić information content (AvgIpc) is 2.48. The highest BCUT2D eigenvalue weighted by Crippen LogP contribution is 2.21. The van der Waals surface area contributed by atoms with Crippen LogP contribution in [0.4, 0.5) is 14.5 Å². The molecule has 0 aliphatic carbocycles. The molecule has 0 radical (unpaired) electrons. The molecule has 0 atom stereocenters. The van der Waals surface area contributed by atoms with Gasteiger partial charge in [0.1, 0.15) is 0 Å². The van der Waals surface area contributed by atoms with E-state index in [1.165, 1.54) is 6.07 Å². The number of anilines is 1. The first-order chi connectivity index (χ1) is 10.0. The zero-order chi connectivity index (χ0) is 15.4. The van der Waals surface area contributed by atoms with Crippen LogP contribution in [0.1, 0.15) is 21.5 Å². The molecule has 0 aliphatic heterocycles. The number of hydrogen-bond donors (Lipinski definition) is 3. The summed E-state index contributed by atoms with van der Waals surface area (Å²) in [5.41, 5.74) is 0.665. The van der Waals surface area contributed by atoms with Crippen LogP contribution in [-0.2, 0) is 13.2 Å². The van der Waals surface area contributed by atoms with E-state index in [1.807, 2.05) is 0 Å². The molecule has 0 bridgehead atoms. The molecule has 0 aromatic heterocycles. The van der Waals surface area contributed by atoms with E-state index >= 15 is 0 Å². The van der Waals surface area contributed by atoms with Crippen LogP contribution >= 0.6 is 0 Å². The fourth-order valence-electron chi connectivity index (χ4n) is 1.89. The third-order valence-electron chi connectivity index (χ3n) is 2.97. The van der Waals surface area contributed by atoms with Gasteiger partial charge in [0.05, 0.1) is 17.9 Å². The number of hydrogen-bond acceptors (Lipinski definition) is 3. The van der Waals surface area contributed by atoms with Gasteiger partial charge >= 0.3 is 5.97 Å². The van der Waals surface area contributed by atoms with Gasteiger partial charge in [-0.15, -0.1) is 0 Å². The Morgan fingerprint density at radius 1 is 1.10 bits per heavy atom. The maximum Gasteiger partial charge on any atom is 0.338 e. The monoisotopic (exact) mass is 293 g/mol. The molecule has 21 heavy (non-hydrogen) atoms. The summed E-state index contributed by atoms with van der Waals surface area (Å²) >= 11 is 0. The van der Waals surface area contributed by atoms with E-state index in [1.54, 1.807) is 24.3 Å². The summed E-state index contributed by atoms with van der Waals surface area (Å²) in [4.78, 5) is 10.7. The standard InChI is InChI=1S/C15H13F2NO3/c16-13-11(15(20)21)4-5-12(14(13)17)18-7-9-2-1-3-10(6-9)8-19/h1-6,18-19H,7-8H2,(H,20,21). The van der Waals surface area contributed by atoms with Gasteiger partial charge in [0, 0.05) is 6.54 Å². The highest BCUT2D eigenvalue weighted by Gasteiger charge is 2.17. The zero-order valence-corrected chi connectivity index (χ0v) is 10.9. The molecule has 2 aromatic carbocycles. The molecule has 3 N–H and O–H groups in total. The summed E-state index contributed by atoms with van der Waals surface area (Å²) in [6.07, 6.45) is 0. The number of aliphatic hydroxyl groups is 1. The smallest absolute Gasteiger partial charge is 0.338 e. The maximum absolute atomic E-state index is 13.7. The van der Waals surface area contributed by atoms with E-state index in [2.05, 4.69) is 5.32 Å². The van der Waals surface area contributed by atoms with Crippen LogP contribution in [0.15, 0.2) is 36.4 Å². The Balaban J connectivity index is 2.17. The molecular weight excluding hydrogens is 280 g/mol. The van der Waals surface area contributed by atoms with Crippen molar-refractivity contribution >= 4 is 11.7 Å². The van der Waals surface area contributed by atoms with E-state index in [9.17, 15) is 13.6 Å². The molecule has 0 heterocycles. The van der Waals surface area contributed by atoms with E-state index in [-0.39, 0.29) is 18.8 Å². The van der Waals surface area contributed by atoms with Crippen molar-refractivity contribution in [2.24, 2.45) is 0 Å². The SMILES string of the molecule is O=C(O)c1ccc(NCc2cccc(CO)c2)c(F)c1F. The molecule has 0 saturated heterocycles. The predicted octanol–water partition coefficient (Wildman–Crippen LogP) is 2.77. The Morgan fingerprint density at radius 2 is 1.81 bits per heavy atom. The van der Waals surface area contributed by atoms with Crippen molar-refractivity contribution in [3.8, 4) is 0 Å². The third kappa shape index (κ3) is 3.35. The lowest BCUT2D eigenvalue weighted by molar-refractivity contribution is 0.0690. The second-order valence-electron chi connectivity index (χ2n) is 4.43. The van der Waals surface area contributed by atoms with Crippen molar-refractivity contribution in [2.45, 2.75) is 13.2 Å². The van der Waals surface area contributed by atoms with Crippen LogP contribution in [0.5, 0.6) is 0 Å². The third-order valence-corrected chi connectivity index (χ3v) is 2.97. The van der Waals surface area contributed by atoms with Gasteiger partial charge in [-0.1, -0.05) is 24.3 Å². The van der Waals surface area contributed by atoms with Crippen LogP contribution in [0, 0.1) is 11.6 Å². The van der Waals surface area contributed by atoms with Gasteiger partial charge in [0.25, 0.3) is 0 Å². The Hall–Kier alpha value is -2.47. The minimum absolute atomic E-state index is 0.107. The summed E-state index contributed by atoms with van der Waals surface area (Å²) in [6, 6.07) is 9.17. The number of halogens is 2. The van der Waals surface area contributed by atoms with Gasteiger partial charge in [-0.25, -0.2) is 13.6 Å². The number of rotatable bonds is 5. The first-order valence-corrected chi connectivity index (χ1v) is 6.16. The molecule has 2 aromatic rings. The second-order valence-corrected chi connectivity index (χ2v) is 4.43. The Morgan fingerprint density at radius 3 is 2.48 bits per heavy atom. The lowest BCUT2D eigenvalue weighted by Crippen LogP contribution is -2.07. The normalized spacial score (nSPS) is 10.4. The van der Waals surface area contributed by atoms with Gasteiger partial charge in [-0.05, 0) is 23.3 Å². The number of carboxylic acid groups (broad SMARTS) is 1. The van der Waals surface area contributed by atoms with E-state index in [0.29, 0.717) is 5.56 Å². The second kappa shape index (κ2) is 6.32. The van der Waals surface area contributed by atoms with Crippen molar-refractivity contribution in [3.63, 3.8) is 0 Å². The number of benzene rings is 2. The Bertz CT molecular complexity index is 674. The molecule has 4 nitrogen and oxygen atoms in total. The van der Waals surface area contributed by atoms with Gasteiger partial charge in [0.2, 0.25) is 0 Å². The molecular formula is C15H13F2NO3. The fourth-order valence-corrected chi connectivity index (χ4v) is 1.89. The molecule has 6 heteroatoms. The summed E-state index contributed by atoms with van der Waals surface area (Å²) in [5, 5.41) is 20.4. The first-order valence-electron chi connectivity index (χ1n) is 6.16. The molecule has 0 saturated carbocycles. The van der Waals surface area contributed by atoms with Crippen LogP contribution in [0.25, 0.3) is 0 Å². The van der Waals surface area contributed by atoms with E-state index in [4.69, 9.17) is 10.2 Å². The largest absolute Gasteiger partial charge is 0.478 e. The summed E-state index contributed by atoms with van der Waals surface area (Å²) in [7, 11) is 0. The topological polar surface area (TPSA) is 69.6 Å². The number of nitrogens with one attached hydrogen (secondary N) is 1.